The van der Waals surface area contributed by atoms with Crippen molar-refractivity contribution in [1.82, 2.24) is 0 Å². The average Bonchev–Trinajstić information content (AvgIpc) is 2.76. The molecule has 1 unspecified atom stereocenters. The summed E-state index contributed by atoms with van der Waals surface area (Å²) in [6.07, 6.45) is -0.517. The van der Waals surface area contributed by atoms with Gasteiger partial charge in [0.15, 0.2) is 11.5 Å². The van der Waals surface area contributed by atoms with E-state index < -0.39 is 16.1 Å². The van der Waals surface area contributed by atoms with E-state index in [0.29, 0.717) is 28.6 Å². The maximum atomic E-state index is 11.7. The first-order valence-corrected chi connectivity index (χ1v) is 12.1. The van der Waals surface area contributed by atoms with Gasteiger partial charge in [0.2, 0.25) is 10.0 Å². The molecule has 0 spiro atoms. The first-order chi connectivity index (χ1) is 15.2. The van der Waals surface area contributed by atoms with E-state index >= 15 is 0 Å². The summed E-state index contributed by atoms with van der Waals surface area (Å²) in [6.45, 7) is 0. The third-order valence-electron chi connectivity index (χ3n) is 5.24. The Balaban J connectivity index is 1.94. The molecule has 0 aromatic heterocycles. The van der Waals surface area contributed by atoms with Gasteiger partial charge in [-0.05, 0) is 35.4 Å². The molecule has 0 aliphatic carbocycles. The highest BCUT2D eigenvalue weighted by atomic mass is 79.9. The number of fused-ring (bicyclic) bond motifs is 3. The molecule has 0 saturated carbocycles. The molecule has 1 aliphatic heterocycles. The molecule has 32 heavy (non-hydrogen) atoms. The van der Waals surface area contributed by atoms with Crippen LogP contribution in [0.2, 0.25) is 0 Å². The molecule has 2 N–H and O–H groups in total. The number of halogens is 1. The molecule has 0 fully saturated rings. The Morgan fingerprint density at radius 3 is 2.31 bits per heavy atom. The zero-order chi connectivity index (χ0) is 23.0. The summed E-state index contributed by atoms with van der Waals surface area (Å²) in [5, 5.41) is 5.28. The summed E-state index contributed by atoms with van der Waals surface area (Å²) in [6, 6.07) is 14.7. The van der Waals surface area contributed by atoms with Crippen molar-refractivity contribution in [3.8, 4) is 34.1 Å². The van der Waals surface area contributed by atoms with Gasteiger partial charge in [-0.1, -0.05) is 40.2 Å². The SMILES string of the molecule is COc1ccc(C2Oc3cc(Br)cc(OC)c3-c3ccc(CS(N)(=O)=O)cc32)cc1OC. The van der Waals surface area contributed by atoms with Crippen LogP contribution in [0.4, 0.5) is 0 Å². The van der Waals surface area contributed by atoms with Gasteiger partial charge in [0.05, 0.1) is 32.6 Å². The number of hydrogen-bond donors (Lipinski definition) is 1. The Morgan fingerprint density at radius 1 is 0.938 bits per heavy atom. The lowest BCUT2D eigenvalue weighted by atomic mass is 9.88. The highest BCUT2D eigenvalue weighted by Gasteiger charge is 2.31. The third kappa shape index (κ3) is 4.28. The fraction of sp³-hybridized carbons (Fsp3) is 0.217. The standard InChI is InChI=1S/C23H22BrNO6S/c1-28-18-7-5-14(9-19(18)29-2)23-17-8-13(12-32(25,26)27)4-6-16(17)22-20(30-3)10-15(24)11-21(22)31-23/h4-11,23H,12H2,1-3H3,(H2,25,26,27). The van der Waals surface area contributed by atoms with E-state index in [1.54, 1.807) is 27.4 Å². The fourth-order valence-electron chi connectivity index (χ4n) is 3.91. The van der Waals surface area contributed by atoms with E-state index in [1.807, 2.05) is 42.5 Å². The van der Waals surface area contributed by atoms with E-state index in [2.05, 4.69) is 15.9 Å². The van der Waals surface area contributed by atoms with Gasteiger partial charge in [-0.15, -0.1) is 0 Å². The maximum Gasteiger partial charge on any atom is 0.213 e. The van der Waals surface area contributed by atoms with Crippen molar-refractivity contribution in [2.24, 2.45) is 5.14 Å². The second kappa shape index (κ2) is 8.65. The van der Waals surface area contributed by atoms with E-state index in [-0.39, 0.29) is 5.75 Å². The lowest BCUT2D eigenvalue weighted by molar-refractivity contribution is 0.241. The topological polar surface area (TPSA) is 97.1 Å². The normalized spacial score (nSPS) is 14.7. The minimum Gasteiger partial charge on any atom is -0.496 e. The summed E-state index contributed by atoms with van der Waals surface area (Å²) in [5.41, 5.74) is 3.87. The van der Waals surface area contributed by atoms with Crippen molar-refractivity contribution in [2.75, 3.05) is 21.3 Å². The summed E-state index contributed by atoms with van der Waals surface area (Å²) < 4.78 is 47.1. The molecular formula is C23H22BrNO6S. The summed E-state index contributed by atoms with van der Waals surface area (Å²) in [7, 11) is 1.04. The number of hydrogen-bond acceptors (Lipinski definition) is 6. The Morgan fingerprint density at radius 2 is 1.66 bits per heavy atom. The van der Waals surface area contributed by atoms with Crippen LogP contribution in [0.25, 0.3) is 11.1 Å². The zero-order valence-corrected chi connectivity index (χ0v) is 20.1. The van der Waals surface area contributed by atoms with Crippen LogP contribution in [-0.4, -0.2) is 29.7 Å². The van der Waals surface area contributed by atoms with Gasteiger partial charge in [-0.3, -0.25) is 0 Å². The van der Waals surface area contributed by atoms with Crippen LogP contribution in [-0.2, 0) is 15.8 Å². The monoisotopic (exact) mass is 519 g/mol. The molecule has 0 radical (unpaired) electrons. The molecule has 0 bridgehead atoms. The van der Waals surface area contributed by atoms with Gasteiger partial charge in [0.1, 0.15) is 17.6 Å². The van der Waals surface area contributed by atoms with Gasteiger partial charge < -0.3 is 18.9 Å². The predicted octanol–water partition coefficient (Wildman–Crippen LogP) is 4.41. The average molecular weight is 520 g/mol. The van der Waals surface area contributed by atoms with E-state index in [0.717, 1.165) is 26.7 Å². The van der Waals surface area contributed by atoms with Crippen LogP contribution in [0.1, 0.15) is 22.8 Å². The van der Waals surface area contributed by atoms with Gasteiger partial charge in [-0.2, -0.15) is 0 Å². The van der Waals surface area contributed by atoms with Crippen LogP contribution >= 0.6 is 15.9 Å². The van der Waals surface area contributed by atoms with Crippen LogP contribution in [0.5, 0.6) is 23.0 Å². The van der Waals surface area contributed by atoms with Crippen LogP contribution in [0, 0.1) is 0 Å². The van der Waals surface area contributed by atoms with E-state index in [4.69, 9.17) is 24.1 Å². The van der Waals surface area contributed by atoms with E-state index in [1.165, 1.54) is 0 Å². The molecule has 7 nitrogen and oxygen atoms in total. The lowest BCUT2D eigenvalue weighted by Gasteiger charge is -2.31. The highest BCUT2D eigenvalue weighted by Crippen LogP contribution is 2.51. The molecule has 0 saturated heterocycles. The van der Waals surface area contributed by atoms with Crippen molar-refractivity contribution in [3.05, 3.63) is 69.7 Å². The van der Waals surface area contributed by atoms with Crippen molar-refractivity contribution >= 4 is 26.0 Å². The van der Waals surface area contributed by atoms with E-state index in [9.17, 15) is 8.42 Å². The number of ether oxygens (including phenoxy) is 4. The predicted molar refractivity (Wildman–Crippen MR) is 125 cm³/mol. The van der Waals surface area contributed by atoms with Gasteiger partial charge >= 0.3 is 0 Å². The molecule has 1 atom stereocenters. The Hall–Kier alpha value is -2.75. The molecule has 168 valence electrons. The summed E-state index contributed by atoms with van der Waals surface area (Å²) in [5.74, 6) is 2.17. The lowest BCUT2D eigenvalue weighted by Crippen LogP contribution is -2.18. The second-order valence-electron chi connectivity index (χ2n) is 7.32. The minimum atomic E-state index is -3.69. The zero-order valence-electron chi connectivity index (χ0n) is 17.7. The maximum absolute atomic E-state index is 11.7. The van der Waals surface area contributed by atoms with Crippen LogP contribution < -0.4 is 24.1 Å². The molecule has 1 heterocycles. The third-order valence-corrected chi connectivity index (χ3v) is 6.44. The largest absolute Gasteiger partial charge is 0.496 e. The summed E-state index contributed by atoms with van der Waals surface area (Å²) >= 11 is 3.51. The first-order valence-electron chi connectivity index (χ1n) is 9.64. The van der Waals surface area contributed by atoms with Crippen LogP contribution in [0.3, 0.4) is 0 Å². The summed E-state index contributed by atoms with van der Waals surface area (Å²) in [4.78, 5) is 0. The van der Waals surface area contributed by atoms with Crippen molar-refractivity contribution < 1.29 is 27.4 Å². The molecule has 3 aromatic rings. The Labute approximate surface area is 195 Å². The Bertz CT molecular complexity index is 1290. The first kappa shape index (κ1) is 22.4. The molecule has 1 aliphatic rings. The number of sulfonamides is 1. The van der Waals surface area contributed by atoms with Crippen molar-refractivity contribution in [1.29, 1.82) is 0 Å². The number of benzene rings is 3. The Kier molecular flexibility index (Phi) is 6.07. The number of rotatable bonds is 6. The fourth-order valence-corrected chi connectivity index (χ4v) is 4.97. The van der Waals surface area contributed by atoms with Crippen LogP contribution in [0.15, 0.2) is 53.0 Å². The van der Waals surface area contributed by atoms with Gasteiger partial charge in [-0.25, -0.2) is 13.6 Å². The molecule has 9 heteroatoms. The minimum absolute atomic E-state index is 0.275. The molecule has 4 rings (SSSR count). The van der Waals surface area contributed by atoms with Crippen molar-refractivity contribution in [3.63, 3.8) is 0 Å². The molecule has 0 amide bonds. The van der Waals surface area contributed by atoms with Gasteiger partial charge in [0, 0.05) is 15.6 Å². The number of primary sulfonamides is 1. The molecule has 3 aromatic carbocycles. The molecular weight excluding hydrogens is 498 g/mol. The second-order valence-corrected chi connectivity index (χ2v) is 9.85. The van der Waals surface area contributed by atoms with Gasteiger partial charge in [0.25, 0.3) is 0 Å². The smallest absolute Gasteiger partial charge is 0.213 e. The van der Waals surface area contributed by atoms with Crippen molar-refractivity contribution in [2.45, 2.75) is 11.9 Å². The highest BCUT2D eigenvalue weighted by molar-refractivity contribution is 9.10. The number of methoxy groups -OCH3 is 3. The quantitative estimate of drug-likeness (QED) is 0.517. The number of nitrogens with two attached hydrogens (primary N) is 1.